The highest BCUT2D eigenvalue weighted by Gasteiger charge is 2.70. The zero-order chi connectivity index (χ0) is 40.7. The lowest BCUT2D eigenvalue weighted by molar-refractivity contribution is -0.200. The first kappa shape index (κ1) is 41.5. The van der Waals surface area contributed by atoms with Crippen molar-refractivity contribution in [1.82, 2.24) is 9.80 Å². The van der Waals surface area contributed by atoms with E-state index in [1.54, 1.807) is 0 Å². The molecule has 1 N–H and O–H groups in total. The third-order valence-corrected chi connectivity index (χ3v) is 17.6. The van der Waals surface area contributed by atoms with E-state index in [0.717, 1.165) is 75.5 Å². The summed E-state index contributed by atoms with van der Waals surface area (Å²) < 4.78 is 0. The van der Waals surface area contributed by atoms with E-state index in [1.807, 2.05) is 24.3 Å². The van der Waals surface area contributed by atoms with E-state index in [4.69, 9.17) is 11.6 Å². The fourth-order valence-corrected chi connectivity index (χ4v) is 14.4. The smallest absolute Gasteiger partial charge is 0.306 e. The van der Waals surface area contributed by atoms with Crippen LogP contribution in [-0.4, -0.2) is 59.8 Å². The average molecular weight is 786 g/mol. The number of rotatable bonds is 9. The number of carboxylic acids is 1. The number of halogens is 1. The van der Waals surface area contributed by atoms with E-state index in [2.05, 4.69) is 91.4 Å². The van der Waals surface area contributed by atoms with Crippen molar-refractivity contribution in [1.29, 1.82) is 0 Å². The monoisotopic (exact) mass is 784 g/mol. The molecule has 56 heavy (non-hydrogen) atoms. The van der Waals surface area contributed by atoms with Gasteiger partial charge >= 0.3 is 5.97 Å². The Morgan fingerprint density at radius 1 is 0.875 bits per heavy atom. The molecule has 0 radical (unpaired) electrons. The topological polar surface area (TPSA) is 77.9 Å². The molecule has 7 heteroatoms. The highest BCUT2D eigenvalue weighted by Crippen LogP contribution is 2.77. The molecular weight excluding hydrogens is 716 g/mol. The zero-order valence-electron chi connectivity index (χ0n) is 36.1. The Labute approximate surface area is 342 Å². The number of aliphatic carboxylic acids is 1. The molecule has 6 aliphatic rings. The molecule has 306 valence electrons. The van der Waals surface area contributed by atoms with Crippen LogP contribution in [0.4, 0.5) is 0 Å². The van der Waals surface area contributed by atoms with Crippen LogP contribution in [0.5, 0.6) is 0 Å². The van der Waals surface area contributed by atoms with Crippen LogP contribution in [0.15, 0.2) is 58.7 Å². The third kappa shape index (κ3) is 6.23. The maximum atomic E-state index is 15.6. The molecule has 0 heterocycles. The Balaban J connectivity index is 1.25. The first-order chi connectivity index (χ1) is 26.2. The van der Waals surface area contributed by atoms with Crippen LogP contribution in [0.3, 0.4) is 0 Å². The number of carboxylic acid groups (broad SMARTS) is 1. The number of amides is 1. The van der Waals surface area contributed by atoms with Crippen LogP contribution >= 0.6 is 11.6 Å². The summed E-state index contributed by atoms with van der Waals surface area (Å²) in [6, 6.07) is 7.75. The number of carbonyl (C=O) groups is 3. The van der Waals surface area contributed by atoms with Crippen LogP contribution in [0, 0.1) is 56.7 Å². The van der Waals surface area contributed by atoms with Gasteiger partial charge in [0.15, 0.2) is 5.78 Å². The lowest BCUT2D eigenvalue weighted by atomic mass is 9.33. The van der Waals surface area contributed by atoms with Crippen molar-refractivity contribution in [3.63, 3.8) is 0 Å². The number of Topliss-reactive ketones (excluding diaryl/α,β-unsaturated/α-hetero) is 1. The Hall–Kier alpha value is -2.70. The molecule has 7 rings (SSSR count). The quantitative estimate of drug-likeness (QED) is 0.270. The Kier molecular flexibility index (Phi) is 10.8. The van der Waals surface area contributed by atoms with Gasteiger partial charge in [-0.1, -0.05) is 84.4 Å². The molecule has 1 aromatic carbocycles. The third-order valence-electron chi connectivity index (χ3n) is 17.4. The molecule has 0 aromatic heterocycles. The van der Waals surface area contributed by atoms with Gasteiger partial charge in [0.05, 0.1) is 17.4 Å². The summed E-state index contributed by atoms with van der Waals surface area (Å²) in [7, 11) is 4.12. The molecule has 2 unspecified atom stereocenters. The van der Waals surface area contributed by atoms with Gasteiger partial charge < -0.3 is 14.9 Å². The van der Waals surface area contributed by atoms with E-state index in [0.29, 0.717) is 36.2 Å². The SMILES string of the molecule is CC(C)C1=C2[C@H]3CC[C@@H]4[C@@]5(C)CC=C(C6=CCC(C(=O)O)CC6)C(C)(C)[C@@H]5CC[C@@]4(C)[C@]3(C)CC[C@@]2(C(=O)N(CCN(C)C)C(C)c2ccc(Cl)cc2)CC1=O. The second-order valence-corrected chi connectivity index (χ2v) is 21.3. The zero-order valence-corrected chi connectivity index (χ0v) is 36.8. The van der Waals surface area contributed by atoms with E-state index in [9.17, 15) is 14.7 Å². The van der Waals surface area contributed by atoms with Crippen molar-refractivity contribution in [2.45, 2.75) is 132 Å². The first-order valence-electron chi connectivity index (χ1n) is 21.8. The summed E-state index contributed by atoms with van der Waals surface area (Å²) in [4.78, 5) is 46.0. The minimum Gasteiger partial charge on any atom is -0.481 e. The maximum absolute atomic E-state index is 15.6. The minimum atomic E-state index is -0.796. The maximum Gasteiger partial charge on any atom is 0.306 e. The molecule has 1 aromatic rings. The summed E-state index contributed by atoms with van der Waals surface area (Å²) in [6.45, 7) is 20.5. The van der Waals surface area contributed by atoms with Crippen molar-refractivity contribution in [3.05, 3.63) is 69.3 Å². The Bertz CT molecular complexity index is 1860. The number of likely N-dealkylation sites (N-methyl/N-ethyl adjacent to an activating group) is 1. The number of hydrogen-bond donors (Lipinski definition) is 1. The molecule has 0 aliphatic heterocycles. The highest BCUT2D eigenvalue weighted by atomic mass is 35.5. The number of hydrogen-bond acceptors (Lipinski definition) is 4. The van der Waals surface area contributed by atoms with Crippen LogP contribution in [0.1, 0.15) is 138 Å². The van der Waals surface area contributed by atoms with Gasteiger partial charge in [-0.3, -0.25) is 14.4 Å². The van der Waals surface area contributed by atoms with Crippen molar-refractivity contribution in [2.24, 2.45) is 56.7 Å². The summed E-state index contributed by atoms with van der Waals surface area (Å²) >= 11 is 6.31. The van der Waals surface area contributed by atoms with Crippen molar-refractivity contribution in [2.75, 3.05) is 27.2 Å². The van der Waals surface area contributed by atoms with E-state index in [-0.39, 0.29) is 57.1 Å². The average Bonchev–Trinajstić information content (AvgIpc) is 3.45. The lowest BCUT2D eigenvalue weighted by Gasteiger charge is -2.71. The van der Waals surface area contributed by atoms with Gasteiger partial charge in [-0.2, -0.15) is 0 Å². The Morgan fingerprint density at radius 2 is 1.57 bits per heavy atom. The Morgan fingerprint density at radius 3 is 2.18 bits per heavy atom. The number of benzene rings is 1. The van der Waals surface area contributed by atoms with Gasteiger partial charge in [0.1, 0.15) is 0 Å². The van der Waals surface area contributed by atoms with Gasteiger partial charge in [-0.15, -0.1) is 0 Å². The standard InChI is InChI=1S/C49H69ClN2O4/c1-30(2)41-38(53)29-49(44(56)52(28-27-51(9)10)31(3)32-15-17-35(50)18-16-32)26-25-47(7)37(42(41)49)19-20-40-46(6)23-21-36(33-11-13-34(14-12-33)43(54)55)45(4,5)39(46)22-24-48(40,47)8/h11,15-18,21,30-31,34,37,39-40H,12-14,19-20,22-29H2,1-10H3,(H,54,55)/t31?,34?,37-,39+,40-,46+,47-,48-,49-/m1/s1. The molecule has 3 saturated carbocycles. The van der Waals surface area contributed by atoms with Crippen molar-refractivity contribution >= 4 is 29.3 Å². The first-order valence-corrected chi connectivity index (χ1v) is 22.2. The molecule has 0 bridgehead atoms. The number of carbonyl (C=O) groups excluding carboxylic acids is 2. The largest absolute Gasteiger partial charge is 0.481 e. The van der Waals surface area contributed by atoms with E-state index in [1.165, 1.54) is 16.7 Å². The second-order valence-electron chi connectivity index (χ2n) is 20.9. The van der Waals surface area contributed by atoms with Crippen LogP contribution < -0.4 is 0 Å². The summed E-state index contributed by atoms with van der Waals surface area (Å²) in [5.41, 5.74) is 5.47. The fourth-order valence-electron chi connectivity index (χ4n) is 14.3. The molecule has 0 saturated heterocycles. The molecule has 1 amide bonds. The summed E-state index contributed by atoms with van der Waals surface area (Å²) in [5, 5.41) is 10.3. The van der Waals surface area contributed by atoms with Crippen molar-refractivity contribution < 1.29 is 19.5 Å². The van der Waals surface area contributed by atoms with Crippen LogP contribution in [-0.2, 0) is 14.4 Å². The highest BCUT2D eigenvalue weighted by molar-refractivity contribution is 6.30. The number of allylic oxidation sites excluding steroid dienone is 5. The van der Waals surface area contributed by atoms with E-state index >= 15 is 4.79 Å². The fraction of sp³-hybridized carbons (Fsp3) is 0.694. The van der Waals surface area contributed by atoms with E-state index < -0.39 is 11.4 Å². The normalized spacial score (nSPS) is 36.9. The number of ketones is 1. The molecule has 6 aliphatic carbocycles. The number of fused-ring (bicyclic) bond motifs is 7. The second kappa shape index (κ2) is 14.5. The van der Waals surface area contributed by atoms with Crippen LogP contribution in [0.2, 0.25) is 5.02 Å². The minimum absolute atomic E-state index is 0.00409. The molecular formula is C49H69ClN2O4. The van der Waals surface area contributed by atoms with Crippen molar-refractivity contribution in [3.8, 4) is 0 Å². The lowest BCUT2D eigenvalue weighted by Crippen LogP contribution is -2.65. The molecule has 6 nitrogen and oxygen atoms in total. The number of nitrogens with zero attached hydrogens (tertiary/aromatic N) is 2. The molecule has 9 atom stereocenters. The van der Waals surface area contributed by atoms with Crippen LogP contribution in [0.25, 0.3) is 0 Å². The van der Waals surface area contributed by atoms with Gasteiger partial charge in [0.2, 0.25) is 5.91 Å². The summed E-state index contributed by atoms with van der Waals surface area (Å²) in [6.07, 6.45) is 14.5. The van der Waals surface area contributed by atoms with Gasteiger partial charge in [-0.05, 0) is 171 Å². The predicted molar refractivity (Wildman–Crippen MR) is 226 cm³/mol. The summed E-state index contributed by atoms with van der Waals surface area (Å²) in [5.74, 6) is 0.745. The predicted octanol–water partition coefficient (Wildman–Crippen LogP) is 11.1. The van der Waals surface area contributed by atoms with Gasteiger partial charge in [-0.25, -0.2) is 0 Å². The van der Waals surface area contributed by atoms with Gasteiger partial charge in [0, 0.05) is 24.5 Å². The molecule has 0 spiro atoms. The van der Waals surface area contributed by atoms with Gasteiger partial charge in [0.25, 0.3) is 0 Å². The molecule has 3 fully saturated rings.